The number of hydrogen-bond acceptors (Lipinski definition) is 4. The summed E-state index contributed by atoms with van der Waals surface area (Å²) in [5.41, 5.74) is -1.43. The van der Waals surface area contributed by atoms with Crippen molar-refractivity contribution in [3.8, 4) is 6.07 Å². The molecule has 0 unspecified atom stereocenters. The van der Waals surface area contributed by atoms with Crippen LogP contribution in [0.4, 0.5) is 0 Å². The van der Waals surface area contributed by atoms with Crippen LogP contribution in [0.5, 0.6) is 0 Å². The Balaban J connectivity index is 0.00000128. The third kappa shape index (κ3) is 2.35. The van der Waals surface area contributed by atoms with Crippen LogP contribution < -0.4 is 10.3 Å². The molecule has 0 fully saturated rings. The summed E-state index contributed by atoms with van der Waals surface area (Å²) in [5, 5.41) is 31.5. The second kappa shape index (κ2) is 5.84. The van der Waals surface area contributed by atoms with E-state index in [1.54, 1.807) is 12.1 Å². The van der Waals surface area contributed by atoms with Crippen molar-refractivity contribution < 1.29 is 15.0 Å². The maximum Gasteiger partial charge on any atom is 2.00 e. The number of fused-ring (bicyclic) bond motifs is 1. The quantitative estimate of drug-likeness (QED) is 0.258. The molecule has 0 aliphatic carbocycles. The number of hydrogen-bond donors (Lipinski definition) is 0. The predicted octanol–water partition coefficient (Wildman–Crippen LogP) is -1.06. The van der Waals surface area contributed by atoms with E-state index in [2.05, 4.69) is 0 Å². The zero-order valence-corrected chi connectivity index (χ0v) is 10.8. The number of aromatic nitrogens is 2. The van der Waals surface area contributed by atoms with Crippen molar-refractivity contribution in [2.24, 2.45) is 0 Å². The fraction of sp³-hybridized carbons (Fsp3) is 0. The Hall–Kier alpha value is -1.33. The van der Waals surface area contributed by atoms with Gasteiger partial charge >= 0.3 is 49.0 Å². The zero-order chi connectivity index (χ0) is 11.0. The molecule has 2 N–H and O–H groups in total. The molecule has 8 heteroatoms. The summed E-state index contributed by atoms with van der Waals surface area (Å²) in [4.78, 5) is 9.28. The molecule has 1 aromatic carbocycles. The first-order chi connectivity index (χ1) is 7.16. The van der Waals surface area contributed by atoms with Gasteiger partial charge in [-0.3, -0.25) is 4.73 Å². The maximum absolute atomic E-state index is 11.5. The monoisotopic (exact) mass is 260 g/mol. The van der Waals surface area contributed by atoms with E-state index in [0.717, 1.165) is 0 Å². The fourth-order valence-electron chi connectivity index (χ4n) is 1.32. The van der Waals surface area contributed by atoms with Gasteiger partial charge in [0, 0.05) is 6.07 Å². The van der Waals surface area contributed by atoms with Gasteiger partial charge in [0.25, 0.3) is 0 Å². The zero-order valence-electron chi connectivity index (χ0n) is 8.57. The minimum Gasteiger partial charge on any atom is -0.870 e. The van der Waals surface area contributed by atoms with Gasteiger partial charge in [0.1, 0.15) is 5.52 Å². The van der Waals surface area contributed by atoms with Gasteiger partial charge in [-0.2, -0.15) is 5.26 Å². The molecule has 1 heterocycles. The van der Waals surface area contributed by atoms with E-state index in [9.17, 15) is 15.2 Å². The van der Waals surface area contributed by atoms with Crippen LogP contribution in [0.3, 0.4) is 0 Å². The van der Waals surface area contributed by atoms with Gasteiger partial charge in [-0.1, -0.05) is 12.1 Å². The average Bonchev–Trinajstić information content (AvgIpc) is 2.27. The maximum atomic E-state index is 11.5. The number of benzene rings is 1. The minimum atomic E-state index is -0.883. The third-order valence-corrected chi connectivity index (χ3v) is 2.03. The first kappa shape index (κ1) is 15.7. The van der Waals surface area contributed by atoms with E-state index >= 15 is 0 Å². The minimum absolute atomic E-state index is 0. The summed E-state index contributed by atoms with van der Waals surface area (Å²) >= 11 is 0. The van der Waals surface area contributed by atoms with Gasteiger partial charge in [0.05, 0.1) is 0 Å². The second-order valence-electron chi connectivity index (χ2n) is 2.86. The Labute approximate surface area is 125 Å². The molecule has 0 bridgehead atoms. The molecule has 0 amide bonds. The normalized spacial score (nSPS) is 8.88. The van der Waals surface area contributed by atoms with Crippen molar-refractivity contribution in [2.75, 3.05) is 0 Å². The Kier molecular flexibility index (Phi) is 5.38. The summed E-state index contributed by atoms with van der Waals surface area (Å²) in [6.45, 7) is 0. The van der Waals surface area contributed by atoms with Crippen molar-refractivity contribution in [1.82, 2.24) is 4.73 Å². The standard InChI is InChI=1S/C9H4N3O3.Ca.H2O/c10-5-8-9(13)12(15)7-4-2-1-3-6(7)11(8)14;;/h1-4H;;1H2/q-1;+2;. The fourth-order valence-corrected chi connectivity index (χ4v) is 1.32. The van der Waals surface area contributed by atoms with E-state index in [4.69, 9.17) is 5.26 Å². The van der Waals surface area contributed by atoms with Gasteiger partial charge in [-0.25, -0.2) is 4.79 Å². The van der Waals surface area contributed by atoms with Crippen LogP contribution in [0.25, 0.3) is 11.0 Å². The van der Waals surface area contributed by atoms with Crippen LogP contribution in [0.1, 0.15) is 5.69 Å². The first-order valence-electron chi connectivity index (χ1n) is 4.03. The van der Waals surface area contributed by atoms with Crippen LogP contribution in [0.2, 0.25) is 0 Å². The van der Waals surface area contributed by atoms with E-state index < -0.39 is 11.3 Å². The Morgan fingerprint density at radius 1 is 1.35 bits per heavy atom. The molecular formula is C9H6CaN3O4+. The second-order valence-corrected chi connectivity index (χ2v) is 2.86. The summed E-state index contributed by atoms with van der Waals surface area (Å²) in [7, 11) is 0. The summed E-state index contributed by atoms with van der Waals surface area (Å²) < 4.78 is 0.390. The molecule has 0 spiro atoms. The van der Waals surface area contributed by atoms with Crippen LogP contribution in [-0.4, -0.2) is 52.7 Å². The predicted molar refractivity (Wildman–Crippen MR) is 57.1 cm³/mol. The van der Waals surface area contributed by atoms with E-state index in [1.165, 1.54) is 18.2 Å². The number of nitrogens with zero attached hydrogens (tertiary/aromatic N) is 3. The van der Waals surface area contributed by atoms with Crippen molar-refractivity contribution in [2.45, 2.75) is 0 Å². The van der Waals surface area contributed by atoms with Crippen LogP contribution in [0.15, 0.2) is 24.3 Å². The number of para-hydroxylation sites is 2. The van der Waals surface area contributed by atoms with Crippen molar-refractivity contribution in [1.29, 1.82) is 5.26 Å². The molecule has 0 saturated carbocycles. The summed E-state index contributed by atoms with van der Waals surface area (Å²) in [6, 6.07) is 7.38. The Morgan fingerprint density at radius 3 is 2.53 bits per heavy atom. The van der Waals surface area contributed by atoms with Gasteiger partial charge in [0.2, 0.25) is 5.52 Å². The molecule has 1 aromatic heterocycles. The van der Waals surface area contributed by atoms with Crippen molar-refractivity contribution in [3.05, 3.63) is 45.9 Å². The van der Waals surface area contributed by atoms with Crippen molar-refractivity contribution in [3.63, 3.8) is 0 Å². The molecule has 7 nitrogen and oxygen atoms in total. The van der Waals surface area contributed by atoms with Gasteiger partial charge < -0.3 is 15.9 Å². The Morgan fingerprint density at radius 2 is 1.94 bits per heavy atom. The average molecular weight is 260 g/mol. The van der Waals surface area contributed by atoms with E-state index in [0.29, 0.717) is 0 Å². The SMILES string of the molecule is N#Cc1c(=[OH+])n([O-])c2ccccc2[n+]1[O-].[Ca+2].[OH-]. The topological polar surface area (TPSA) is 130 Å². The number of nitriles is 1. The molecule has 82 valence electrons. The van der Waals surface area contributed by atoms with Crippen molar-refractivity contribution >= 4 is 48.8 Å². The van der Waals surface area contributed by atoms with Gasteiger partial charge in [0.15, 0.2) is 6.07 Å². The van der Waals surface area contributed by atoms with Crippen LogP contribution >= 0.6 is 0 Å². The number of rotatable bonds is 0. The summed E-state index contributed by atoms with van der Waals surface area (Å²) in [5.74, 6) is 0. The Bertz CT molecular complexity index is 647. The van der Waals surface area contributed by atoms with Crippen LogP contribution in [-0.2, 0) is 0 Å². The molecule has 0 atom stereocenters. The molecule has 17 heavy (non-hydrogen) atoms. The van der Waals surface area contributed by atoms with E-state index in [-0.39, 0.29) is 63.7 Å². The van der Waals surface area contributed by atoms with E-state index in [1.807, 2.05) is 0 Å². The largest absolute Gasteiger partial charge is 2.00 e. The van der Waals surface area contributed by atoms with Gasteiger partial charge in [-0.05, 0) is 6.07 Å². The molecule has 0 saturated heterocycles. The molecule has 0 radical (unpaired) electrons. The third-order valence-electron chi connectivity index (χ3n) is 2.03. The first-order valence-corrected chi connectivity index (χ1v) is 4.03. The molecule has 0 aliphatic rings. The summed E-state index contributed by atoms with van der Waals surface area (Å²) in [6.07, 6.45) is 0. The molecular weight excluding hydrogens is 254 g/mol. The smallest absolute Gasteiger partial charge is 0.870 e. The molecule has 0 aliphatic heterocycles. The van der Waals surface area contributed by atoms with Gasteiger partial charge in [-0.15, -0.1) is 4.73 Å². The van der Waals surface area contributed by atoms with Crippen LogP contribution in [0, 0.1) is 21.7 Å². The molecule has 2 rings (SSSR count). The molecule has 2 aromatic rings.